The number of aromatic carboxylic acids is 1. The summed E-state index contributed by atoms with van der Waals surface area (Å²) in [4.78, 5) is 27.0. The molecule has 0 aliphatic carbocycles. The highest BCUT2D eigenvalue weighted by atomic mass is 16.6. The van der Waals surface area contributed by atoms with Gasteiger partial charge in [0.2, 0.25) is 0 Å². The number of methoxy groups -OCH3 is 1. The Bertz CT molecular complexity index is 506. The first-order valence-electron chi connectivity index (χ1n) is 6.05. The number of carboxylic acid groups (broad SMARTS) is 1. The first-order valence-corrected chi connectivity index (χ1v) is 6.05. The summed E-state index contributed by atoms with van der Waals surface area (Å²) in [5.74, 6) is -1.05. The molecule has 0 aliphatic heterocycles. The van der Waals surface area contributed by atoms with Crippen molar-refractivity contribution in [1.29, 1.82) is 0 Å². The van der Waals surface area contributed by atoms with Crippen molar-refractivity contribution in [3.8, 4) is 0 Å². The second-order valence-corrected chi connectivity index (χ2v) is 4.22. The average Bonchev–Trinajstić information content (AvgIpc) is 2.39. The molecule has 8 nitrogen and oxygen atoms in total. The molecule has 0 aliphatic rings. The van der Waals surface area contributed by atoms with Crippen molar-refractivity contribution in [2.45, 2.75) is 19.9 Å². The van der Waals surface area contributed by atoms with Gasteiger partial charge in [-0.25, -0.2) is 9.78 Å². The van der Waals surface area contributed by atoms with Crippen molar-refractivity contribution < 1.29 is 19.6 Å². The van der Waals surface area contributed by atoms with Gasteiger partial charge in [-0.3, -0.25) is 10.1 Å². The molecule has 1 rings (SSSR count). The fourth-order valence-corrected chi connectivity index (χ4v) is 1.93. The minimum Gasteiger partial charge on any atom is -0.478 e. The quantitative estimate of drug-likeness (QED) is 0.597. The normalized spacial score (nSPS) is 11.9. The first-order chi connectivity index (χ1) is 9.42. The Balaban J connectivity index is 3.27. The fraction of sp³-hybridized carbons (Fsp3) is 0.500. The zero-order valence-corrected chi connectivity index (χ0v) is 11.6. The SMILES string of the molecule is CCN(c1ncc([N+](=O)[O-])cc1C(=O)O)C(C)COC. The lowest BCUT2D eigenvalue weighted by Crippen LogP contribution is -2.37. The van der Waals surface area contributed by atoms with Crippen LogP contribution in [0.2, 0.25) is 0 Å². The van der Waals surface area contributed by atoms with Crippen LogP contribution in [0.1, 0.15) is 24.2 Å². The van der Waals surface area contributed by atoms with Gasteiger partial charge >= 0.3 is 5.97 Å². The fourth-order valence-electron chi connectivity index (χ4n) is 1.93. The van der Waals surface area contributed by atoms with Crippen molar-refractivity contribution in [3.05, 3.63) is 27.9 Å². The number of nitro groups is 1. The molecule has 0 aromatic carbocycles. The molecule has 0 amide bonds. The van der Waals surface area contributed by atoms with Gasteiger partial charge in [0.25, 0.3) is 5.69 Å². The van der Waals surface area contributed by atoms with E-state index in [2.05, 4.69) is 4.98 Å². The molecule has 0 fully saturated rings. The number of anilines is 1. The predicted octanol–water partition coefficient (Wildman–Crippen LogP) is 1.55. The third-order valence-electron chi connectivity index (χ3n) is 2.85. The number of pyridine rings is 1. The van der Waals surface area contributed by atoms with Crippen LogP contribution < -0.4 is 4.90 Å². The van der Waals surface area contributed by atoms with Crippen molar-refractivity contribution in [3.63, 3.8) is 0 Å². The lowest BCUT2D eigenvalue weighted by Gasteiger charge is -2.29. The van der Waals surface area contributed by atoms with Gasteiger partial charge in [0, 0.05) is 19.7 Å². The summed E-state index contributed by atoms with van der Waals surface area (Å²) in [7, 11) is 1.55. The van der Waals surface area contributed by atoms with Crippen LogP contribution in [0.5, 0.6) is 0 Å². The maximum atomic E-state index is 11.3. The van der Waals surface area contributed by atoms with E-state index >= 15 is 0 Å². The van der Waals surface area contributed by atoms with Crippen LogP contribution in [0.25, 0.3) is 0 Å². The van der Waals surface area contributed by atoms with Gasteiger partial charge in [-0.15, -0.1) is 0 Å². The third-order valence-corrected chi connectivity index (χ3v) is 2.85. The number of likely N-dealkylation sites (N-methyl/N-ethyl adjacent to an activating group) is 1. The van der Waals surface area contributed by atoms with Gasteiger partial charge in [-0.2, -0.15) is 0 Å². The van der Waals surface area contributed by atoms with Gasteiger partial charge in [-0.05, 0) is 13.8 Å². The standard InChI is InChI=1S/C12H17N3O5/c1-4-14(8(2)7-20-3)11-10(12(16)17)5-9(6-13-11)15(18)19/h5-6,8H,4,7H2,1-3H3,(H,16,17). The molecular weight excluding hydrogens is 266 g/mol. The molecule has 1 unspecified atom stereocenters. The number of carboxylic acids is 1. The molecular formula is C12H17N3O5. The van der Waals surface area contributed by atoms with Crippen molar-refractivity contribution >= 4 is 17.5 Å². The summed E-state index contributed by atoms with van der Waals surface area (Å²) >= 11 is 0. The predicted molar refractivity (Wildman–Crippen MR) is 72.2 cm³/mol. The smallest absolute Gasteiger partial charge is 0.339 e. The lowest BCUT2D eigenvalue weighted by molar-refractivity contribution is -0.385. The van der Waals surface area contributed by atoms with E-state index < -0.39 is 10.9 Å². The third kappa shape index (κ3) is 3.41. The Morgan fingerprint density at radius 1 is 1.65 bits per heavy atom. The summed E-state index contributed by atoms with van der Waals surface area (Å²) in [5.41, 5.74) is -0.536. The van der Waals surface area contributed by atoms with E-state index in [4.69, 9.17) is 4.74 Å². The Hall–Kier alpha value is -2.22. The maximum Gasteiger partial charge on any atom is 0.339 e. The van der Waals surface area contributed by atoms with Crippen LogP contribution in [0.4, 0.5) is 11.5 Å². The van der Waals surface area contributed by atoms with Crippen LogP contribution in [-0.4, -0.2) is 47.3 Å². The molecule has 1 heterocycles. The maximum absolute atomic E-state index is 11.3. The lowest BCUT2D eigenvalue weighted by atomic mass is 10.2. The molecule has 0 spiro atoms. The number of carbonyl (C=O) groups is 1. The zero-order valence-electron chi connectivity index (χ0n) is 11.6. The molecule has 1 aromatic heterocycles. The van der Waals surface area contributed by atoms with Crippen LogP contribution in [0.15, 0.2) is 12.3 Å². The molecule has 0 radical (unpaired) electrons. The Kier molecular flexibility index (Phi) is 5.39. The summed E-state index contributed by atoms with van der Waals surface area (Å²) in [5, 5.41) is 19.9. The Labute approximate surface area is 116 Å². The van der Waals surface area contributed by atoms with E-state index in [1.165, 1.54) is 0 Å². The molecule has 110 valence electrons. The van der Waals surface area contributed by atoms with Crippen molar-refractivity contribution in [2.24, 2.45) is 0 Å². The molecule has 0 saturated carbocycles. The van der Waals surface area contributed by atoms with Gasteiger partial charge in [-0.1, -0.05) is 0 Å². The molecule has 0 bridgehead atoms. The molecule has 0 saturated heterocycles. The van der Waals surface area contributed by atoms with E-state index in [0.717, 1.165) is 12.3 Å². The van der Waals surface area contributed by atoms with Gasteiger partial charge in [0.1, 0.15) is 17.6 Å². The molecule has 8 heteroatoms. The average molecular weight is 283 g/mol. The van der Waals surface area contributed by atoms with Gasteiger partial charge in [0.15, 0.2) is 0 Å². The number of rotatable bonds is 7. The van der Waals surface area contributed by atoms with Crippen molar-refractivity contribution in [1.82, 2.24) is 4.98 Å². The second kappa shape index (κ2) is 6.80. The van der Waals surface area contributed by atoms with E-state index in [1.54, 1.807) is 12.0 Å². The van der Waals surface area contributed by atoms with Crippen LogP contribution >= 0.6 is 0 Å². The monoisotopic (exact) mass is 283 g/mol. The first kappa shape index (κ1) is 15.8. The summed E-state index contributed by atoms with van der Waals surface area (Å²) in [6.45, 7) is 4.61. The van der Waals surface area contributed by atoms with Gasteiger partial charge < -0.3 is 14.7 Å². The van der Waals surface area contributed by atoms with E-state index in [9.17, 15) is 20.0 Å². The number of nitrogens with zero attached hydrogens (tertiary/aromatic N) is 3. The van der Waals surface area contributed by atoms with E-state index in [1.807, 2.05) is 13.8 Å². The summed E-state index contributed by atoms with van der Waals surface area (Å²) < 4.78 is 5.05. The highest BCUT2D eigenvalue weighted by molar-refractivity contribution is 5.94. The van der Waals surface area contributed by atoms with E-state index in [0.29, 0.717) is 13.2 Å². The van der Waals surface area contributed by atoms with E-state index in [-0.39, 0.29) is 23.1 Å². The number of ether oxygens (including phenoxy) is 1. The minimum absolute atomic E-state index is 0.0999. The number of aromatic nitrogens is 1. The molecule has 1 aromatic rings. The zero-order chi connectivity index (χ0) is 15.3. The Morgan fingerprint density at radius 2 is 2.30 bits per heavy atom. The van der Waals surface area contributed by atoms with Crippen molar-refractivity contribution in [2.75, 3.05) is 25.2 Å². The topological polar surface area (TPSA) is 106 Å². The number of hydrogen-bond acceptors (Lipinski definition) is 6. The largest absolute Gasteiger partial charge is 0.478 e. The highest BCUT2D eigenvalue weighted by Gasteiger charge is 2.23. The van der Waals surface area contributed by atoms with Crippen LogP contribution in [0.3, 0.4) is 0 Å². The molecule has 1 N–H and O–H groups in total. The second-order valence-electron chi connectivity index (χ2n) is 4.22. The molecule has 1 atom stereocenters. The minimum atomic E-state index is -1.25. The van der Waals surface area contributed by atoms with Crippen LogP contribution in [-0.2, 0) is 4.74 Å². The summed E-state index contributed by atoms with van der Waals surface area (Å²) in [6, 6.07) is 0.921. The number of hydrogen-bond donors (Lipinski definition) is 1. The molecule has 20 heavy (non-hydrogen) atoms. The van der Waals surface area contributed by atoms with Crippen LogP contribution in [0, 0.1) is 10.1 Å². The van der Waals surface area contributed by atoms with Gasteiger partial charge in [0.05, 0.1) is 17.6 Å². The Morgan fingerprint density at radius 3 is 2.75 bits per heavy atom. The highest BCUT2D eigenvalue weighted by Crippen LogP contribution is 2.24. The summed E-state index contributed by atoms with van der Waals surface area (Å²) in [6.07, 6.45) is 1.06.